The first-order chi connectivity index (χ1) is 10.1. The number of benzene rings is 2. The van der Waals surface area contributed by atoms with E-state index in [2.05, 4.69) is 0 Å². The van der Waals surface area contributed by atoms with E-state index in [0.717, 1.165) is 5.56 Å². The van der Waals surface area contributed by atoms with Crippen LogP contribution in [0.15, 0.2) is 36.4 Å². The summed E-state index contributed by atoms with van der Waals surface area (Å²) in [5.41, 5.74) is 1.41. The Kier molecular flexibility index (Phi) is 5.42. The largest absolute Gasteiger partial charge is 0.490 e. The molecule has 0 amide bonds. The Bertz CT molecular complexity index is 616. The monoisotopic (exact) mass is 310 g/mol. The van der Waals surface area contributed by atoms with Crippen LogP contribution in [-0.4, -0.2) is 11.7 Å². The highest BCUT2D eigenvalue weighted by atomic mass is 35.5. The van der Waals surface area contributed by atoms with Crippen LogP contribution in [0.5, 0.6) is 11.5 Å². The molecule has 0 radical (unpaired) electrons. The third-order valence-electron chi connectivity index (χ3n) is 2.87. The Morgan fingerprint density at radius 1 is 1.05 bits per heavy atom. The second kappa shape index (κ2) is 7.29. The standard InChI is InChI=1S/C16H16ClFO3/c1-2-20-16-8-11(9-19)4-6-15(16)21-10-12-3-5-13(17)14(18)7-12/h3-8,19H,2,9-10H2,1H3. The summed E-state index contributed by atoms with van der Waals surface area (Å²) in [7, 11) is 0. The van der Waals surface area contributed by atoms with Crippen LogP contribution in [0.2, 0.25) is 5.02 Å². The maximum atomic E-state index is 13.4. The summed E-state index contributed by atoms with van der Waals surface area (Å²) in [6.07, 6.45) is 0. The molecule has 0 spiro atoms. The van der Waals surface area contributed by atoms with Crippen LogP contribution in [0.4, 0.5) is 4.39 Å². The lowest BCUT2D eigenvalue weighted by Crippen LogP contribution is -2.01. The van der Waals surface area contributed by atoms with Gasteiger partial charge in [-0.25, -0.2) is 4.39 Å². The van der Waals surface area contributed by atoms with Crippen LogP contribution in [0.3, 0.4) is 0 Å². The van der Waals surface area contributed by atoms with Crippen molar-refractivity contribution in [2.24, 2.45) is 0 Å². The van der Waals surface area contributed by atoms with Gasteiger partial charge < -0.3 is 14.6 Å². The first-order valence-corrected chi connectivity index (χ1v) is 6.95. The van der Waals surface area contributed by atoms with Gasteiger partial charge in [0.15, 0.2) is 11.5 Å². The van der Waals surface area contributed by atoms with Crippen LogP contribution < -0.4 is 9.47 Å². The molecule has 21 heavy (non-hydrogen) atoms. The highest BCUT2D eigenvalue weighted by Crippen LogP contribution is 2.29. The summed E-state index contributed by atoms with van der Waals surface area (Å²) < 4.78 is 24.5. The van der Waals surface area contributed by atoms with Gasteiger partial charge in [-0.15, -0.1) is 0 Å². The molecule has 0 aliphatic carbocycles. The van der Waals surface area contributed by atoms with Crippen LogP contribution in [0.1, 0.15) is 18.1 Å². The zero-order valence-corrected chi connectivity index (χ0v) is 12.4. The second-order valence-electron chi connectivity index (χ2n) is 4.41. The predicted octanol–water partition coefficient (Wildman–Crippen LogP) is 3.95. The maximum absolute atomic E-state index is 13.4. The number of hydrogen-bond donors (Lipinski definition) is 1. The molecule has 0 aliphatic rings. The fourth-order valence-corrected chi connectivity index (χ4v) is 1.95. The summed E-state index contributed by atoms with van der Waals surface area (Å²) in [5, 5.41) is 9.22. The fourth-order valence-electron chi connectivity index (χ4n) is 1.83. The zero-order chi connectivity index (χ0) is 15.2. The van der Waals surface area contributed by atoms with Crippen molar-refractivity contribution in [3.05, 3.63) is 58.4 Å². The van der Waals surface area contributed by atoms with E-state index in [9.17, 15) is 4.39 Å². The first kappa shape index (κ1) is 15.6. The average molecular weight is 311 g/mol. The van der Waals surface area contributed by atoms with Crippen LogP contribution >= 0.6 is 11.6 Å². The minimum atomic E-state index is -0.474. The molecule has 0 bridgehead atoms. The number of aliphatic hydroxyl groups excluding tert-OH is 1. The summed E-state index contributed by atoms with van der Waals surface area (Å²) >= 11 is 5.64. The van der Waals surface area contributed by atoms with Crippen LogP contribution in [-0.2, 0) is 13.2 Å². The summed E-state index contributed by atoms with van der Waals surface area (Å²) in [5.74, 6) is 0.626. The number of hydrogen-bond acceptors (Lipinski definition) is 3. The van der Waals surface area contributed by atoms with Crippen molar-refractivity contribution in [3.8, 4) is 11.5 Å². The molecule has 0 atom stereocenters. The van der Waals surface area contributed by atoms with Crippen LogP contribution in [0, 0.1) is 5.82 Å². The topological polar surface area (TPSA) is 38.7 Å². The minimum Gasteiger partial charge on any atom is -0.490 e. The Balaban J connectivity index is 2.13. The molecule has 0 unspecified atom stereocenters. The Morgan fingerprint density at radius 3 is 2.48 bits per heavy atom. The normalized spacial score (nSPS) is 10.5. The maximum Gasteiger partial charge on any atom is 0.161 e. The highest BCUT2D eigenvalue weighted by Gasteiger charge is 2.08. The Morgan fingerprint density at radius 2 is 1.81 bits per heavy atom. The van der Waals surface area contributed by atoms with E-state index in [1.807, 2.05) is 6.92 Å². The van der Waals surface area contributed by atoms with Crippen LogP contribution in [0.25, 0.3) is 0 Å². The number of ether oxygens (including phenoxy) is 2. The Hall–Kier alpha value is -1.78. The van der Waals surface area contributed by atoms with Crippen molar-refractivity contribution in [1.29, 1.82) is 0 Å². The first-order valence-electron chi connectivity index (χ1n) is 6.57. The van der Waals surface area contributed by atoms with E-state index < -0.39 is 5.82 Å². The van der Waals surface area contributed by atoms with Gasteiger partial charge in [0.25, 0.3) is 0 Å². The van der Waals surface area contributed by atoms with Crippen molar-refractivity contribution in [1.82, 2.24) is 0 Å². The van der Waals surface area contributed by atoms with Gasteiger partial charge in [-0.1, -0.05) is 23.7 Å². The lowest BCUT2D eigenvalue weighted by molar-refractivity contribution is 0.263. The number of halogens is 2. The molecule has 2 rings (SSSR count). The van der Waals surface area contributed by atoms with Gasteiger partial charge in [0.1, 0.15) is 12.4 Å². The van der Waals surface area contributed by atoms with Gasteiger partial charge >= 0.3 is 0 Å². The molecular weight excluding hydrogens is 295 g/mol. The number of aliphatic hydroxyl groups is 1. The molecule has 0 aliphatic heterocycles. The molecule has 5 heteroatoms. The summed E-state index contributed by atoms with van der Waals surface area (Å²) in [4.78, 5) is 0. The lowest BCUT2D eigenvalue weighted by atomic mass is 10.2. The summed E-state index contributed by atoms with van der Waals surface area (Å²) in [6.45, 7) is 2.49. The average Bonchev–Trinajstić information content (AvgIpc) is 2.49. The predicted molar refractivity (Wildman–Crippen MR) is 79.3 cm³/mol. The molecule has 2 aromatic carbocycles. The third-order valence-corrected chi connectivity index (χ3v) is 3.18. The molecule has 2 aromatic rings. The second-order valence-corrected chi connectivity index (χ2v) is 4.82. The van der Waals surface area contributed by atoms with Gasteiger partial charge in [0, 0.05) is 0 Å². The summed E-state index contributed by atoms with van der Waals surface area (Å²) in [6, 6.07) is 9.73. The zero-order valence-electron chi connectivity index (χ0n) is 11.6. The fraction of sp³-hybridized carbons (Fsp3) is 0.250. The quantitative estimate of drug-likeness (QED) is 0.878. The van der Waals surface area contributed by atoms with Gasteiger partial charge in [0.2, 0.25) is 0 Å². The smallest absolute Gasteiger partial charge is 0.161 e. The molecule has 0 aromatic heterocycles. The number of rotatable bonds is 6. The van der Waals surface area contributed by atoms with Gasteiger partial charge in [-0.3, -0.25) is 0 Å². The SMILES string of the molecule is CCOc1cc(CO)ccc1OCc1ccc(Cl)c(F)c1. The molecule has 0 fully saturated rings. The molecule has 1 N–H and O–H groups in total. The van der Waals surface area contributed by atoms with Gasteiger partial charge in [0.05, 0.1) is 18.2 Å². The van der Waals surface area contributed by atoms with Crippen molar-refractivity contribution in [3.63, 3.8) is 0 Å². The van der Waals surface area contributed by atoms with E-state index in [4.69, 9.17) is 26.2 Å². The molecule has 0 saturated carbocycles. The molecule has 3 nitrogen and oxygen atoms in total. The van der Waals surface area contributed by atoms with Gasteiger partial charge in [-0.2, -0.15) is 0 Å². The lowest BCUT2D eigenvalue weighted by Gasteiger charge is -2.13. The minimum absolute atomic E-state index is 0.0667. The third kappa shape index (κ3) is 4.09. The van der Waals surface area contributed by atoms with Crippen molar-refractivity contribution in [2.75, 3.05) is 6.61 Å². The molecule has 112 valence electrons. The Labute approximate surface area is 127 Å². The molecular formula is C16H16ClFO3. The van der Waals surface area contributed by atoms with Crippen molar-refractivity contribution in [2.45, 2.75) is 20.1 Å². The van der Waals surface area contributed by atoms with Crippen molar-refractivity contribution >= 4 is 11.6 Å². The molecule has 0 saturated heterocycles. The van der Waals surface area contributed by atoms with E-state index in [1.54, 1.807) is 24.3 Å². The molecule has 0 heterocycles. The van der Waals surface area contributed by atoms with E-state index >= 15 is 0 Å². The van der Waals surface area contributed by atoms with E-state index in [0.29, 0.717) is 23.7 Å². The van der Waals surface area contributed by atoms with E-state index in [1.165, 1.54) is 12.1 Å². The van der Waals surface area contributed by atoms with Gasteiger partial charge in [-0.05, 0) is 42.3 Å². The highest BCUT2D eigenvalue weighted by molar-refractivity contribution is 6.30. The van der Waals surface area contributed by atoms with E-state index in [-0.39, 0.29) is 18.2 Å². The van der Waals surface area contributed by atoms with Crippen molar-refractivity contribution < 1.29 is 19.0 Å².